The Hall–Kier alpha value is -3.42. The molecule has 0 N–H and O–H groups in total. The molecule has 0 unspecified atom stereocenters. The van der Waals surface area contributed by atoms with Gasteiger partial charge < -0.3 is 9.15 Å². The summed E-state index contributed by atoms with van der Waals surface area (Å²) in [7, 11) is 0. The molecule has 0 saturated carbocycles. The standard InChI is InChI=1S/C25H19ClN2O4S/c1-4-10-31-17-7-5-6-15(11-17)21-20-22(29)18-12-16(26)8-9-19(18)32-23(20)24(30)28(21)25-27-13(2)14(3)33-25/h4-9,11-12,21H,1,10H2,2-3H3/t21-/m0/s1. The first-order valence-corrected chi connectivity index (χ1v) is 11.5. The second kappa shape index (κ2) is 8.17. The Balaban J connectivity index is 1.77. The largest absolute Gasteiger partial charge is 0.490 e. The van der Waals surface area contributed by atoms with E-state index >= 15 is 0 Å². The molecule has 1 aliphatic heterocycles. The van der Waals surface area contributed by atoms with Crippen molar-refractivity contribution in [2.45, 2.75) is 19.9 Å². The lowest BCUT2D eigenvalue weighted by molar-refractivity contribution is 0.0971. The first kappa shape index (κ1) is 21.4. The molecule has 4 aromatic rings. The monoisotopic (exact) mass is 478 g/mol. The minimum absolute atomic E-state index is 0.0164. The van der Waals surface area contributed by atoms with Gasteiger partial charge in [0.15, 0.2) is 10.6 Å². The topological polar surface area (TPSA) is 72.6 Å². The summed E-state index contributed by atoms with van der Waals surface area (Å²) < 4.78 is 11.7. The molecule has 8 heteroatoms. The number of nitrogens with zero attached hydrogens (tertiary/aromatic N) is 2. The number of carbonyl (C=O) groups is 1. The zero-order valence-electron chi connectivity index (χ0n) is 17.9. The molecule has 0 fully saturated rings. The van der Waals surface area contributed by atoms with E-state index in [0.717, 1.165) is 10.6 Å². The average molecular weight is 479 g/mol. The van der Waals surface area contributed by atoms with Crippen molar-refractivity contribution in [3.05, 3.63) is 97.8 Å². The molecule has 2 aromatic heterocycles. The van der Waals surface area contributed by atoms with Crippen molar-refractivity contribution in [1.29, 1.82) is 0 Å². The van der Waals surface area contributed by atoms with Crippen molar-refractivity contribution in [3.63, 3.8) is 0 Å². The quantitative estimate of drug-likeness (QED) is 0.337. The van der Waals surface area contributed by atoms with Gasteiger partial charge in [0.2, 0.25) is 5.76 Å². The maximum absolute atomic E-state index is 13.6. The lowest BCUT2D eigenvalue weighted by atomic mass is 9.98. The number of benzene rings is 2. The van der Waals surface area contributed by atoms with E-state index in [4.69, 9.17) is 20.8 Å². The molecule has 0 radical (unpaired) electrons. The molecule has 0 saturated heterocycles. The second-order valence-electron chi connectivity index (χ2n) is 7.70. The van der Waals surface area contributed by atoms with E-state index in [0.29, 0.717) is 39.0 Å². The number of thiazole rings is 1. The van der Waals surface area contributed by atoms with Gasteiger partial charge >= 0.3 is 0 Å². The number of halogens is 1. The lowest BCUT2D eigenvalue weighted by Crippen LogP contribution is -2.29. The highest BCUT2D eigenvalue weighted by Crippen LogP contribution is 2.43. The summed E-state index contributed by atoms with van der Waals surface area (Å²) in [4.78, 5) is 34.4. The van der Waals surface area contributed by atoms with Crippen LogP contribution < -0.4 is 15.1 Å². The molecule has 1 atom stereocenters. The number of amides is 1. The fourth-order valence-electron chi connectivity index (χ4n) is 3.95. The SMILES string of the molecule is C=CCOc1cccc([C@H]2c3c(oc4ccc(Cl)cc4c3=O)C(=O)N2c2nc(C)c(C)s2)c1. The maximum Gasteiger partial charge on any atom is 0.297 e. The second-order valence-corrected chi connectivity index (χ2v) is 9.32. The van der Waals surface area contributed by atoms with Crippen LogP contribution in [-0.4, -0.2) is 17.5 Å². The van der Waals surface area contributed by atoms with Gasteiger partial charge in [-0.2, -0.15) is 0 Å². The third kappa shape index (κ3) is 3.53. The Morgan fingerprint density at radius 2 is 2.06 bits per heavy atom. The molecule has 0 aliphatic carbocycles. The van der Waals surface area contributed by atoms with Gasteiger partial charge in [0.1, 0.15) is 17.9 Å². The number of anilines is 1. The van der Waals surface area contributed by atoms with Crippen LogP contribution in [0.5, 0.6) is 5.75 Å². The van der Waals surface area contributed by atoms with E-state index in [2.05, 4.69) is 11.6 Å². The molecule has 0 spiro atoms. The highest BCUT2D eigenvalue weighted by molar-refractivity contribution is 7.15. The Morgan fingerprint density at radius 1 is 1.24 bits per heavy atom. The van der Waals surface area contributed by atoms with Crippen molar-refractivity contribution in [3.8, 4) is 5.75 Å². The molecule has 3 heterocycles. The zero-order chi connectivity index (χ0) is 23.3. The zero-order valence-corrected chi connectivity index (χ0v) is 19.5. The fourth-order valence-corrected chi connectivity index (χ4v) is 5.05. The third-order valence-corrected chi connectivity index (χ3v) is 6.90. The van der Waals surface area contributed by atoms with E-state index in [1.54, 1.807) is 24.3 Å². The number of aryl methyl sites for hydroxylation is 2. The number of hydrogen-bond donors (Lipinski definition) is 0. The van der Waals surface area contributed by atoms with E-state index < -0.39 is 11.9 Å². The summed E-state index contributed by atoms with van der Waals surface area (Å²) in [6.07, 6.45) is 1.65. The van der Waals surface area contributed by atoms with Crippen molar-refractivity contribution in [2.75, 3.05) is 11.5 Å². The van der Waals surface area contributed by atoms with Gasteiger partial charge in [-0.3, -0.25) is 14.5 Å². The van der Waals surface area contributed by atoms with Gasteiger partial charge in [0.05, 0.1) is 22.7 Å². The fraction of sp³-hybridized carbons (Fsp3) is 0.160. The predicted octanol–water partition coefficient (Wildman–Crippen LogP) is 5.83. The van der Waals surface area contributed by atoms with E-state index in [9.17, 15) is 9.59 Å². The van der Waals surface area contributed by atoms with Gasteiger partial charge in [-0.25, -0.2) is 4.98 Å². The molecule has 5 rings (SSSR count). The summed E-state index contributed by atoms with van der Waals surface area (Å²) in [5.41, 5.74) is 1.82. The van der Waals surface area contributed by atoms with Crippen LogP contribution in [0.4, 0.5) is 5.13 Å². The van der Waals surface area contributed by atoms with Gasteiger partial charge in [-0.1, -0.05) is 36.4 Å². The van der Waals surface area contributed by atoms with Gasteiger partial charge in [-0.15, -0.1) is 11.3 Å². The van der Waals surface area contributed by atoms with Gasteiger partial charge in [-0.05, 0) is 49.7 Å². The summed E-state index contributed by atoms with van der Waals surface area (Å²) >= 11 is 7.55. The number of rotatable bonds is 5. The van der Waals surface area contributed by atoms with Gasteiger partial charge in [0, 0.05) is 9.90 Å². The molecule has 1 amide bonds. The van der Waals surface area contributed by atoms with E-state index in [-0.39, 0.29) is 16.8 Å². The Morgan fingerprint density at radius 3 is 2.79 bits per heavy atom. The summed E-state index contributed by atoms with van der Waals surface area (Å²) in [6, 6.07) is 11.4. The van der Waals surface area contributed by atoms with Crippen molar-refractivity contribution in [1.82, 2.24) is 4.98 Å². The van der Waals surface area contributed by atoms with Crippen LogP contribution in [0, 0.1) is 13.8 Å². The molecule has 1 aliphatic rings. The van der Waals surface area contributed by atoms with Crippen molar-refractivity contribution < 1.29 is 13.9 Å². The molecule has 6 nitrogen and oxygen atoms in total. The normalized spacial score (nSPS) is 15.2. The smallest absolute Gasteiger partial charge is 0.297 e. The van der Waals surface area contributed by atoms with Crippen LogP contribution in [0.1, 0.15) is 38.3 Å². The van der Waals surface area contributed by atoms with Crippen LogP contribution in [0.2, 0.25) is 5.02 Å². The summed E-state index contributed by atoms with van der Waals surface area (Å²) in [6.45, 7) is 7.85. The molecule has 2 aromatic carbocycles. The maximum atomic E-state index is 13.6. The minimum atomic E-state index is -0.718. The van der Waals surface area contributed by atoms with Crippen LogP contribution in [-0.2, 0) is 0 Å². The van der Waals surface area contributed by atoms with E-state index in [1.807, 2.05) is 38.1 Å². The highest BCUT2D eigenvalue weighted by atomic mass is 35.5. The molecule has 0 bridgehead atoms. The Labute approximate surface area is 198 Å². The van der Waals surface area contributed by atoms with Crippen LogP contribution >= 0.6 is 22.9 Å². The Bertz CT molecular complexity index is 1470. The minimum Gasteiger partial charge on any atom is -0.490 e. The third-order valence-electron chi connectivity index (χ3n) is 5.60. The molecule has 166 valence electrons. The molecular weight excluding hydrogens is 460 g/mol. The van der Waals surface area contributed by atoms with Crippen molar-refractivity contribution >= 4 is 44.9 Å². The number of hydrogen-bond acceptors (Lipinski definition) is 6. The van der Waals surface area contributed by atoms with Crippen molar-refractivity contribution in [2.24, 2.45) is 0 Å². The van der Waals surface area contributed by atoms with Gasteiger partial charge in [0.25, 0.3) is 5.91 Å². The average Bonchev–Trinajstić information content (AvgIpc) is 3.29. The van der Waals surface area contributed by atoms with Crippen LogP contribution in [0.15, 0.2) is 64.3 Å². The number of ether oxygens (including phenoxy) is 1. The van der Waals surface area contributed by atoms with Crippen LogP contribution in [0.3, 0.4) is 0 Å². The Kier molecular flexibility index (Phi) is 5.31. The number of aromatic nitrogens is 1. The lowest BCUT2D eigenvalue weighted by Gasteiger charge is -2.23. The van der Waals surface area contributed by atoms with Crippen LogP contribution in [0.25, 0.3) is 11.0 Å². The molecular formula is C25H19ClN2O4S. The number of carbonyl (C=O) groups excluding carboxylic acids is 1. The summed E-state index contributed by atoms with van der Waals surface area (Å²) in [5, 5.41) is 1.25. The molecule has 33 heavy (non-hydrogen) atoms. The first-order chi connectivity index (χ1) is 15.9. The highest BCUT2D eigenvalue weighted by Gasteiger charge is 2.45. The first-order valence-electron chi connectivity index (χ1n) is 10.3. The van der Waals surface area contributed by atoms with E-state index in [1.165, 1.54) is 16.2 Å². The summed E-state index contributed by atoms with van der Waals surface area (Å²) in [5.74, 6) is 0.214. The predicted molar refractivity (Wildman–Crippen MR) is 130 cm³/mol. The number of fused-ring (bicyclic) bond motifs is 2.